The maximum atomic E-state index is 6.20. The van der Waals surface area contributed by atoms with Gasteiger partial charge >= 0.3 is 0 Å². The van der Waals surface area contributed by atoms with Gasteiger partial charge in [0.05, 0.1) is 5.70 Å². The number of nitrogens with one attached hydrogen (secondary N) is 1. The summed E-state index contributed by atoms with van der Waals surface area (Å²) in [5.41, 5.74) is 4.23. The minimum atomic E-state index is -0.0490. The predicted molar refractivity (Wildman–Crippen MR) is 92.1 cm³/mol. The first-order valence-electron chi connectivity index (χ1n) is 7.68. The molecule has 0 amide bonds. The molecule has 0 saturated carbocycles. The smallest absolute Gasteiger partial charge is 0.226 e. The van der Waals surface area contributed by atoms with E-state index in [0.29, 0.717) is 11.6 Å². The Balaban J connectivity index is 1.75. The van der Waals surface area contributed by atoms with E-state index in [2.05, 4.69) is 27.5 Å². The van der Waals surface area contributed by atoms with Crippen molar-refractivity contribution in [3.63, 3.8) is 0 Å². The van der Waals surface area contributed by atoms with Crippen LogP contribution in [0.25, 0.3) is 5.70 Å². The van der Waals surface area contributed by atoms with Crippen molar-refractivity contribution in [2.75, 3.05) is 11.9 Å². The lowest BCUT2D eigenvalue weighted by Crippen LogP contribution is -2.30. The molecule has 118 valence electrons. The fraction of sp³-hybridized carbons (Fsp3) is 0.111. The van der Waals surface area contributed by atoms with Gasteiger partial charge in [-0.25, -0.2) is 4.68 Å². The van der Waals surface area contributed by atoms with E-state index in [1.807, 2.05) is 41.1 Å². The summed E-state index contributed by atoms with van der Waals surface area (Å²) < 4.78 is 7.87. The second kappa shape index (κ2) is 5.11. The highest BCUT2D eigenvalue weighted by Gasteiger charge is 2.34. The highest BCUT2D eigenvalue weighted by atomic mass is 35.5. The van der Waals surface area contributed by atoms with Gasteiger partial charge in [-0.05, 0) is 23.8 Å². The van der Waals surface area contributed by atoms with Crippen LogP contribution in [0.3, 0.4) is 0 Å². The summed E-state index contributed by atoms with van der Waals surface area (Å²) in [7, 11) is 0. The molecule has 3 aromatic rings. The number of ether oxygens (including phenoxy) is 1. The first kappa shape index (κ1) is 13.6. The second-order valence-electron chi connectivity index (χ2n) is 5.80. The van der Waals surface area contributed by atoms with Gasteiger partial charge in [-0.2, -0.15) is 10.1 Å². The molecule has 2 aliphatic rings. The molecule has 1 aromatic heterocycles. The number of hydrogen-bond donors (Lipinski definition) is 1. The van der Waals surface area contributed by atoms with Crippen molar-refractivity contribution in [1.82, 2.24) is 14.8 Å². The topological polar surface area (TPSA) is 52.0 Å². The third-order valence-corrected chi connectivity index (χ3v) is 4.65. The van der Waals surface area contributed by atoms with Gasteiger partial charge in [-0.3, -0.25) is 0 Å². The van der Waals surface area contributed by atoms with E-state index in [-0.39, 0.29) is 6.04 Å². The van der Waals surface area contributed by atoms with Crippen LogP contribution >= 0.6 is 11.6 Å². The lowest BCUT2D eigenvalue weighted by atomic mass is 9.92. The average Bonchev–Trinajstić information content (AvgIpc) is 3.08. The normalized spacial score (nSPS) is 18.1. The van der Waals surface area contributed by atoms with Crippen molar-refractivity contribution in [2.45, 2.75) is 6.04 Å². The van der Waals surface area contributed by atoms with Crippen LogP contribution in [0.15, 0.2) is 60.4 Å². The van der Waals surface area contributed by atoms with E-state index in [4.69, 9.17) is 16.3 Å². The number of fused-ring (bicyclic) bond motifs is 3. The Hall–Kier alpha value is -2.79. The van der Waals surface area contributed by atoms with Crippen molar-refractivity contribution >= 4 is 23.2 Å². The minimum absolute atomic E-state index is 0.0490. The number of halogens is 1. The molecule has 3 heterocycles. The van der Waals surface area contributed by atoms with Gasteiger partial charge in [0.25, 0.3) is 0 Å². The molecule has 0 spiro atoms. The first-order chi connectivity index (χ1) is 11.8. The van der Waals surface area contributed by atoms with Gasteiger partial charge < -0.3 is 10.1 Å². The third-order valence-electron chi connectivity index (χ3n) is 4.42. The van der Waals surface area contributed by atoms with Crippen molar-refractivity contribution in [3.8, 4) is 5.75 Å². The minimum Gasteiger partial charge on any atom is -0.488 e. The van der Waals surface area contributed by atoms with Crippen molar-refractivity contribution < 1.29 is 4.74 Å². The summed E-state index contributed by atoms with van der Waals surface area (Å²) in [4.78, 5) is 4.35. The highest BCUT2D eigenvalue weighted by molar-refractivity contribution is 6.30. The summed E-state index contributed by atoms with van der Waals surface area (Å²) in [5.74, 6) is 1.54. The van der Waals surface area contributed by atoms with Crippen LogP contribution in [0.4, 0.5) is 5.95 Å². The Morgan fingerprint density at radius 3 is 2.92 bits per heavy atom. The molecule has 24 heavy (non-hydrogen) atoms. The molecule has 2 aromatic carbocycles. The van der Waals surface area contributed by atoms with Gasteiger partial charge in [-0.15, -0.1) is 0 Å². The lowest BCUT2D eigenvalue weighted by molar-refractivity contribution is 0.328. The van der Waals surface area contributed by atoms with Gasteiger partial charge in [-0.1, -0.05) is 41.9 Å². The molecule has 0 radical (unpaired) electrons. The fourth-order valence-electron chi connectivity index (χ4n) is 3.35. The monoisotopic (exact) mass is 336 g/mol. The van der Waals surface area contributed by atoms with E-state index in [0.717, 1.165) is 34.1 Å². The second-order valence-corrected chi connectivity index (χ2v) is 6.23. The van der Waals surface area contributed by atoms with E-state index in [1.54, 1.807) is 6.33 Å². The molecule has 1 atom stereocenters. The van der Waals surface area contributed by atoms with Gasteiger partial charge in [0.15, 0.2) is 0 Å². The Morgan fingerprint density at radius 1 is 1.17 bits per heavy atom. The number of nitrogens with zero attached hydrogens (tertiary/aromatic N) is 3. The van der Waals surface area contributed by atoms with Crippen molar-refractivity contribution in [2.24, 2.45) is 0 Å². The maximum absolute atomic E-state index is 6.20. The third kappa shape index (κ3) is 1.95. The maximum Gasteiger partial charge on any atom is 0.226 e. The summed E-state index contributed by atoms with van der Waals surface area (Å²) >= 11 is 6.20. The van der Waals surface area contributed by atoms with Crippen LogP contribution in [-0.4, -0.2) is 21.4 Å². The Morgan fingerprint density at radius 2 is 2.04 bits per heavy atom. The van der Waals surface area contributed by atoms with Crippen LogP contribution in [0, 0.1) is 0 Å². The van der Waals surface area contributed by atoms with E-state index >= 15 is 0 Å². The molecule has 0 unspecified atom stereocenters. The van der Waals surface area contributed by atoms with Gasteiger partial charge in [0.2, 0.25) is 5.95 Å². The Kier molecular flexibility index (Phi) is 2.90. The summed E-state index contributed by atoms with van der Waals surface area (Å²) in [6.45, 7) is 0.496. The predicted octanol–water partition coefficient (Wildman–Crippen LogP) is 3.75. The molecular formula is C18H13ClN4O. The molecule has 0 aliphatic carbocycles. The average molecular weight is 337 g/mol. The summed E-state index contributed by atoms with van der Waals surface area (Å²) in [5, 5.41) is 8.48. The molecule has 0 fully saturated rings. The first-order valence-corrected chi connectivity index (χ1v) is 8.06. The van der Waals surface area contributed by atoms with Crippen molar-refractivity contribution in [3.05, 3.63) is 76.6 Å². The molecule has 1 N–H and O–H groups in total. The van der Waals surface area contributed by atoms with Crippen LogP contribution in [0.1, 0.15) is 17.2 Å². The molecule has 0 saturated heterocycles. The Bertz CT molecular complexity index is 964. The molecule has 6 heteroatoms. The fourth-order valence-corrected chi connectivity index (χ4v) is 3.53. The van der Waals surface area contributed by atoms with Crippen LogP contribution in [-0.2, 0) is 0 Å². The molecular weight excluding hydrogens is 324 g/mol. The zero-order valence-corrected chi connectivity index (χ0v) is 13.4. The quantitative estimate of drug-likeness (QED) is 0.735. The Labute approximate surface area is 143 Å². The summed E-state index contributed by atoms with van der Waals surface area (Å²) in [6, 6.07) is 15.9. The number of anilines is 1. The van der Waals surface area contributed by atoms with Gasteiger partial charge in [0, 0.05) is 16.2 Å². The highest BCUT2D eigenvalue weighted by Crippen LogP contribution is 2.43. The van der Waals surface area contributed by atoms with Crippen LogP contribution in [0.5, 0.6) is 5.75 Å². The van der Waals surface area contributed by atoms with E-state index in [1.165, 1.54) is 0 Å². The number of hydrogen-bond acceptors (Lipinski definition) is 4. The van der Waals surface area contributed by atoms with E-state index in [9.17, 15) is 0 Å². The largest absolute Gasteiger partial charge is 0.488 e. The number of rotatable bonds is 1. The van der Waals surface area contributed by atoms with Crippen LogP contribution in [0.2, 0.25) is 5.02 Å². The molecule has 2 aliphatic heterocycles. The standard InChI is InChI=1S/C18H13ClN4O/c19-12-6-7-15-13(8-12)16-14(9-24-15)17(11-4-2-1-3-5-11)23-18(22-16)20-10-21-23/h1-8,10,17H,9H2,(H,20,21,22)/t17-/m1/s1. The summed E-state index contributed by atoms with van der Waals surface area (Å²) in [6.07, 6.45) is 1.57. The van der Waals surface area contributed by atoms with Crippen molar-refractivity contribution in [1.29, 1.82) is 0 Å². The number of benzene rings is 2. The lowest BCUT2D eigenvalue weighted by Gasteiger charge is -2.34. The zero-order chi connectivity index (χ0) is 16.1. The zero-order valence-electron chi connectivity index (χ0n) is 12.6. The molecule has 5 nitrogen and oxygen atoms in total. The van der Waals surface area contributed by atoms with Gasteiger partial charge in [0.1, 0.15) is 24.7 Å². The molecule has 0 bridgehead atoms. The number of aromatic nitrogens is 3. The molecule has 5 rings (SSSR count). The van der Waals surface area contributed by atoms with E-state index < -0.39 is 0 Å². The SMILES string of the molecule is Clc1ccc2c(c1)C1=C(CO2)[C@@H](c2ccccc2)n2ncnc2N1. The van der Waals surface area contributed by atoms with Crippen LogP contribution < -0.4 is 10.1 Å².